The lowest BCUT2D eigenvalue weighted by atomic mass is 10.2. The molecule has 6 nitrogen and oxygen atoms in total. The Hall–Kier alpha value is -1.16. The number of thioether (sulfide) groups is 1. The third-order valence-corrected chi connectivity index (χ3v) is 5.21. The summed E-state index contributed by atoms with van der Waals surface area (Å²) in [5.41, 5.74) is 1.03. The molecule has 0 aromatic heterocycles. The van der Waals surface area contributed by atoms with Crippen molar-refractivity contribution in [1.29, 1.82) is 0 Å². The van der Waals surface area contributed by atoms with E-state index in [0.717, 1.165) is 17.9 Å². The molecule has 1 saturated heterocycles. The molecule has 8 heteroatoms. The molecular formula is C17H27IN4O2S. The van der Waals surface area contributed by atoms with Gasteiger partial charge in [0.15, 0.2) is 5.96 Å². The monoisotopic (exact) mass is 478 g/mol. The first kappa shape index (κ1) is 21.9. The Morgan fingerprint density at radius 2 is 2.04 bits per heavy atom. The maximum absolute atomic E-state index is 11.9. The van der Waals surface area contributed by atoms with Crippen LogP contribution in [0.1, 0.15) is 18.4 Å². The second-order valence-electron chi connectivity index (χ2n) is 5.57. The molecule has 1 fully saturated rings. The zero-order chi connectivity index (χ0) is 17.2. The Labute approximate surface area is 171 Å². The van der Waals surface area contributed by atoms with Crippen molar-refractivity contribution in [2.24, 2.45) is 4.99 Å². The lowest BCUT2D eigenvalue weighted by Crippen LogP contribution is -2.44. The highest BCUT2D eigenvalue weighted by atomic mass is 127. The van der Waals surface area contributed by atoms with Crippen LogP contribution in [0.15, 0.2) is 29.3 Å². The summed E-state index contributed by atoms with van der Waals surface area (Å²) in [5, 5.41) is 9.85. The van der Waals surface area contributed by atoms with Gasteiger partial charge in [0, 0.05) is 25.4 Å². The largest absolute Gasteiger partial charge is 0.497 e. The Bertz CT molecular complexity index is 548. The molecule has 1 heterocycles. The van der Waals surface area contributed by atoms with Crippen molar-refractivity contribution in [2.75, 3.05) is 33.0 Å². The van der Waals surface area contributed by atoms with Gasteiger partial charge in [0.1, 0.15) is 5.75 Å². The van der Waals surface area contributed by atoms with Crippen LogP contribution >= 0.6 is 35.7 Å². The average molecular weight is 478 g/mol. The van der Waals surface area contributed by atoms with E-state index in [-0.39, 0.29) is 36.4 Å². The molecule has 140 valence electrons. The number of ether oxygens (including phenoxy) is 1. The van der Waals surface area contributed by atoms with Crippen LogP contribution in [0, 0.1) is 0 Å². The molecule has 1 atom stereocenters. The van der Waals surface area contributed by atoms with Crippen molar-refractivity contribution in [2.45, 2.75) is 24.6 Å². The molecule has 1 amide bonds. The van der Waals surface area contributed by atoms with Crippen LogP contribution in [0.3, 0.4) is 0 Å². The molecule has 1 aromatic rings. The minimum Gasteiger partial charge on any atom is -0.497 e. The highest BCUT2D eigenvalue weighted by Crippen LogP contribution is 2.25. The fourth-order valence-corrected chi connectivity index (χ4v) is 3.61. The molecule has 1 aliphatic heterocycles. The zero-order valence-electron chi connectivity index (χ0n) is 14.7. The van der Waals surface area contributed by atoms with E-state index in [4.69, 9.17) is 4.74 Å². The highest BCUT2D eigenvalue weighted by molar-refractivity contribution is 14.0. The third-order valence-electron chi connectivity index (χ3n) is 3.81. The first-order chi connectivity index (χ1) is 11.7. The van der Waals surface area contributed by atoms with Gasteiger partial charge in [-0.3, -0.25) is 9.79 Å². The van der Waals surface area contributed by atoms with Crippen LogP contribution in [-0.4, -0.2) is 50.1 Å². The van der Waals surface area contributed by atoms with E-state index in [9.17, 15) is 4.79 Å². The Kier molecular flexibility index (Phi) is 10.7. The van der Waals surface area contributed by atoms with Crippen molar-refractivity contribution in [3.8, 4) is 5.75 Å². The van der Waals surface area contributed by atoms with Crippen LogP contribution in [0.2, 0.25) is 0 Å². The van der Waals surface area contributed by atoms with Crippen LogP contribution in [0.25, 0.3) is 0 Å². The number of aliphatic imine (C=N–C) groups is 1. The maximum Gasteiger partial charge on any atom is 0.239 e. The predicted molar refractivity (Wildman–Crippen MR) is 115 cm³/mol. The van der Waals surface area contributed by atoms with Crippen LogP contribution < -0.4 is 20.7 Å². The van der Waals surface area contributed by atoms with Gasteiger partial charge in [-0.2, -0.15) is 11.8 Å². The SMILES string of the molecule is CN=C(NCC(=O)NCc1ccc(OC)cc1)NCC1CCCS1.I. The number of methoxy groups -OCH3 is 1. The van der Waals surface area contributed by atoms with Crippen LogP contribution in [-0.2, 0) is 11.3 Å². The summed E-state index contributed by atoms with van der Waals surface area (Å²) in [4.78, 5) is 16.1. The molecular weight excluding hydrogens is 451 g/mol. The summed E-state index contributed by atoms with van der Waals surface area (Å²) >= 11 is 1.99. The van der Waals surface area contributed by atoms with Crippen molar-refractivity contribution in [1.82, 2.24) is 16.0 Å². The first-order valence-corrected chi connectivity index (χ1v) is 9.22. The lowest BCUT2D eigenvalue weighted by molar-refractivity contribution is -0.120. The number of hydrogen-bond acceptors (Lipinski definition) is 4. The highest BCUT2D eigenvalue weighted by Gasteiger charge is 2.15. The molecule has 1 aliphatic rings. The van der Waals surface area contributed by atoms with E-state index in [1.165, 1.54) is 18.6 Å². The van der Waals surface area contributed by atoms with E-state index < -0.39 is 0 Å². The quantitative estimate of drug-likeness (QED) is 0.318. The topological polar surface area (TPSA) is 74.8 Å². The molecule has 3 N–H and O–H groups in total. The van der Waals surface area contributed by atoms with Crippen LogP contribution in [0.4, 0.5) is 0 Å². The van der Waals surface area contributed by atoms with Gasteiger partial charge in [-0.15, -0.1) is 24.0 Å². The molecule has 0 bridgehead atoms. The van der Waals surface area contributed by atoms with E-state index in [0.29, 0.717) is 17.8 Å². The Balaban J connectivity index is 0.00000312. The Morgan fingerprint density at radius 1 is 1.28 bits per heavy atom. The fourth-order valence-electron chi connectivity index (χ4n) is 2.41. The zero-order valence-corrected chi connectivity index (χ0v) is 17.9. The van der Waals surface area contributed by atoms with E-state index in [1.54, 1.807) is 14.2 Å². The standard InChI is InChI=1S/C17H26N4O2S.HI/c1-18-17(20-11-15-4-3-9-24-15)21-12-16(22)19-10-13-5-7-14(23-2)8-6-13;/h5-8,15H,3-4,9-12H2,1-2H3,(H,19,22)(H2,18,20,21);1H. The van der Waals surface area contributed by atoms with E-state index in [2.05, 4.69) is 20.9 Å². The minimum atomic E-state index is -0.0657. The van der Waals surface area contributed by atoms with Gasteiger partial charge in [-0.05, 0) is 36.3 Å². The second-order valence-corrected chi connectivity index (χ2v) is 6.97. The van der Waals surface area contributed by atoms with Gasteiger partial charge < -0.3 is 20.7 Å². The fraction of sp³-hybridized carbons (Fsp3) is 0.529. The van der Waals surface area contributed by atoms with Gasteiger partial charge in [-0.25, -0.2) is 0 Å². The lowest BCUT2D eigenvalue weighted by Gasteiger charge is -2.14. The Morgan fingerprint density at radius 3 is 2.64 bits per heavy atom. The smallest absolute Gasteiger partial charge is 0.239 e. The molecule has 0 saturated carbocycles. The van der Waals surface area contributed by atoms with Crippen molar-refractivity contribution >= 4 is 47.6 Å². The molecule has 2 rings (SSSR count). The number of nitrogens with one attached hydrogen (secondary N) is 3. The van der Waals surface area contributed by atoms with Crippen LogP contribution in [0.5, 0.6) is 5.75 Å². The summed E-state index contributed by atoms with van der Waals surface area (Å²) < 4.78 is 5.11. The average Bonchev–Trinajstić information content (AvgIpc) is 3.14. The van der Waals surface area contributed by atoms with Crippen molar-refractivity contribution in [3.63, 3.8) is 0 Å². The molecule has 25 heavy (non-hydrogen) atoms. The number of carbonyl (C=O) groups excluding carboxylic acids is 1. The number of amides is 1. The number of hydrogen-bond donors (Lipinski definition) is 3. The van der Waals surface area contributed by atoms with Gasteiger partial charge in [0.2, 0.25) is 5.91 Å². The van der Waals surface area contributed by atoms with Crippen molar-refractivity contribution < 1.29 is 9.53 Å². The van der Waals surface area contributed by atoms with Gasteiger partial charge in [-0.1, -0.05) is 12.1 Å². The summed E-state index contributed by atoms with van der Waals surface area (Å²) in [6.45, 7) is 1.58. The number of benzene rings is 1. The summed E-state index contributed by atoms with van der Waals surface area (Å²) in [6.07, 6.45) is 2.54. The molecule has 0 radical (unpaired) electrons. The summed E-state index contributed by atoms with van der Waals surface area (Å²) in [6, 6.07) is 7.64. The molecule has 1 unspecified atom stereocenters. The number of rotatable bonds is 7. The summed E-state index contributed by atoms with van der Waals surface area (Å²) in [5.74, 6) is 2.65. The number of halogens is 1. The van der Waals surface area contributed by atoms with Gasteiger partial charge in [0.25, 0.3) is 0 Å². The number of nitrogens with zero attached hydrogens (tertiary/aromatic N) is 1. The molecule has 1 aromatic carbocycles. The first-order valence-electron chi connectivity index (χ1n) is 8.17. The second kappa shape index (κ2) is 12.2. The third kappa shape index (κ3) is 8.17. The van der Waals surface area contributed by atoms with E-state index >= 15 is 0 Å². The maximum atomic E-state index is 11.9. The van der Waals surface area contributed by atoms with E-state index in [1.807, 2.05) is 36.0 Å². The number of guanidine groups is 1. The van der Waals surface area contributed by atoms with Gasteiger partial charge in [0.05, 0.1) is 13.7 Å². The minimum absolute atomic E-state index is 0. The van der Waals surface area contributed by atoms with Crippen molar-refractivity contribution in [3.05, 3.63) is 29.8 Å². The normalized spacial score (nSPS) is 16.7. The molecule has 0 spiro atoms. The summed E-state index contributed by atoms with van der Waals surface area (Å²) in [7, 11) is 3.35. The number of carbonyl (C=O) groups is 1. The molecule has 0 aliphatic carbocycles. The van der Waals surface area contributed by atoms with Gasteiger partial charge >= 0.3 is 0 Å². The predicted octanol–water partition coefficient (Wildman–Crippen LogP) is 1.99.